The van der Waals surface area contributed by atoms with Gasteiger partial charge in [0.1, 0.15) is 11.3 Å². The van der Waals surface area contributed by atoms with Gasteiger partial charge in [0, 0.05) is 22.5 Å². The molecule has 0 unspecified atom stereocenters. The fourth-order valence-electron chi connectivity index (χ4n) is 1.61. The number of rotatable bonds is 3. The van der Waals surface area contributed by atoms with Crippen LogP contribution < -0.4 is 0 Å². The lowest BCUT2D eigenvalue weighted by molar-refractivity contribution is 0.479. The van der Waals surface area contributed by atoms with Crippen molar-refractivity contribution in [1.29, 1.82) is 0 Å². The molecule has 0 bridgehead atoms. The Kier molecular flexibility index (Phi) is 4.02. The molecule has 1 aromatic carbocycles. The lowest BCUT2D eigenvalue weighted by Crippen LogP contribution is -1.84. The summed E-state index contributed by atoms with van der Waals surface area (Å²) < 4.78 is 0. The predicted molar refractivity (Wildman–Crippen MR) is 75.9 cm³/mol. The van der Waals surface area contributed by atoms with Crippen molar-refractivity contribution in [2.24, 2.45) is 0 Å². The average molecular weight is 313 g/mol. The number of halogens is 2. The van der Waals surface area contributed by atoms with Crippen molar-refractivity contribution >= 4 is 44.5 Å². The molecule has 0 atom stereocenters. The summed E-state index contributed by atoms with van der Waals surface area (Å²) in [6.07, 6.45) is 6.38. The number of aromatic nitrogens is 1. The third-order valence-corrected chi connectivity index (χ3v) is 3.19. The molecule has 0 spiro atoms. The maximum atomic E-state index is 10.1. The molecule has 88 valence electrons. The highest BCUT2D eigenvalue weighted by atomic mass is 79.9. The van der Waals surface area contributed by atoms with Crippen LogP contribution in [0.15, 0.2) is 30.5 Å². The number of benzene rings is 1. The summed E-state index contributed by atoms with van der Waals surface area (Å²) >= 11 is 9.50. The normalized spacial score (nSPS) is 11.4. The molecule has 2 nitrogen and oxygen atoms in total. The van der Waals surface area contributed by atoms with Gasteiger partial charge in [0.2, 0.25) is 0 Å². The first-order chi connectivity index (χ1) is 8.24. The summed E-state index contributed by atoms with van der Waals surface area (Å²) in [6.45, 7) is 0. The summed E-state index contributed by atoms with van der Waals surface area (Å²) in [5.41, 5.74) is 1.24. The average Bonchev–Trinajstić information content (AvgIpc) is 2.36. The molecule has 0 aliphatic heterocycles. The predicted octanol–water partition coefficient (Wildman–Crippen LogP) is 4.39. The molecule has 1 aromatic heterocycles. The van der Waals surface area contributed by atoms with Crippen molar-refractivity contribution in [1.82, 2.24) is 4.98 Å². The zero-order valence-corrected chi connectivity index (χ0v) is 11.4. The van der Waals surface area contributed by atoms with Gasteiger partial charge >= 0.3 is 0 Å². The van der Waals surface area contributed by atoms with Gasteiger partial charge in [-0.25, -0.2) is 0 Å². The summed E-state index contributed by atoms with van der Waals surface area (Å²) in [5.74, 6) is 0.177. The second-order valence-corrected chi connectivity index (χ2v) is 4.78. The maximum Gasteiger partial charge on any atom is 0.149 e. The molecular formula is C13H11BrClNO. The first-order valence-electron chi connectivity index (χ1n) is 5.22. The minimum atomic E-state index is 0.177. The van der Waals surface area contributed by atoms with Crippen LogP contribution in [0.1, 0.15) is 12.0 Å². The van der Waals surface area contributed by atoms with E-state index in [1.807, 2.05) is 18.2 Å². The molecule has 1 heterocycles. The number of hydrogen-bond acceptors (Lipinski definition) is 2. The zero-order chi connectivity index (χ0) is 12.3. The Morgan fingerprint density at radius 1 is 1.47 bits per heavy atom. The molecule has 0 fully saturated rings. The number of pyridine rings is 1. The van der Waals surface area contributed by atoms with Crippen molar-refractivity contribution in [3.05, 3.63) is 41.1 Å². The molecule has 1 N–H and O–H groups in total. The van der Waals surface area contributed by atoms with Crippen LogP contribution in [0.5, 0.6) is 5.75 Å². The van der Waals surface area contributed by atoms with E-state index in [2.05, 4.69) is 20.9 Å². The molecule has 0 saturated carbocycles. The van der Waals surface area contributed by atoms with Crippen molar-refractivity contribution in [2.45, 2.75) is 6.42 Å². The largest absolute Gasteiger partial charge is 0.505 e. The molecule has 4 heteroatoms. The number of alkyl halides is 1. The van der Waals surface area contributed by atoms with Crippen LogP contribution in [0.4, 0.5) is 0 Å². The molecule has 2 rings (SSSR count). The fraction of sp³-hybridized carbons (Fsp3) is 0.154. The van der Waals surface area contributed by atoms with Crippen molar-refractivity contribution in [3.8, 4) is 5.75 Å². The second kappa shape index (κ2) is 5.52. The highest BCUT2D eigenvalue weighted by Gasteiger charge is 2.08. The molecule has 17 heavy (non-hydrogen) atoms. The van der Waals surface area contributed by atoms with E-state index < -0.39 is 0 Å². The maximum absolute atomic E-state index is 10.1. The van der Waals surface area contributed by atoms with Gasteiger partial charge in [-0.15, -0.1) is 0 Å². The minimum absolute atomic E-state index is 0.177. The van der Waals surface area contributed by atoms with Crippen molar-refractivity contribution < 1.29 is 5.11 Å². The van der Waals surface area contributed by atoms with Crippen molar-refractivity contribution in [3.63, 3.8) is 0 Å². The summed E-state index contributed by atoms with van der Waals surface area (Å²) in [7, 11) is 0. The van der Waals surface area contributed by atoms with Gasteiger partial charge in [-0.05, 0) is 24.6 Å². The Balaban J connectivity index is 2.55. The van der Waals surface area contributed by atoms with Crippen LogP contribution in [0.25, 0.3) is 17.0 Å². The van der Waals surface area contributed by atoms with E-state index in [0.29, 0.717) is 16.1 Å². The third-order valence-electron chi connectivity index (χ3n) is 2.42. The lowest BCUT2D eigenvalue weighted by atomic mass is 10.1. The lowest BCUT2D eigenvalue weighted by Gasteiger charge is -2.05. The van der Waals surface area contributed by atoms with Crippen LogP contribution in [0.2, 0.25) is 5.02 Å². The van der Waals surface area contributed by atoms with Crippen LogP contribution in [0.3, 0.4) is 0 Å². The van der Waals surface area contributed by atoms with Gasteiger partial charge in [-0.2, -0.15) is 0 Å². The van der Waals surface area contributed by atoms with Gasteiger partial charge in [0.15, 0.2) is 0 Å². The molecule has 2 aromatic rings. The van der Waals surface area contributed by atoms with Crippen LogP contribution >= 0.6 is 27.5 Å². The first-order valence-corrected chi connectivity index (χ1v) is 6.72. The Labute approximate surface area is 113 Å². The monoisotopic (exact) mass is 311 g/mol. The SMILES string of the molecule is Oc1c(C=CCCBr)cc(Cl)c2cccnc12. The molecule has 0 aliphatic carbocycles. The van der Waals surface area contributed by atoms with Gasteiger partial charge in [-0.3, -0.25) is 4.98 Å². The number of allylic oxidation sites excluding steroid dienone is 1. The summed E-state index contributed by atoms with van der Waals surface area (Å²) in [5, 5.41) is 12.4. The van der Waals surface area contributed by atoms with E-state index >= 15 is 0 Å². The van der Waals surface area contributed by atoms with Crippen LogP contribution in [-0.4, -0.2) is 15.4 Å². The quantitative estimate of drug-likeness (QED) is 0.853. The number of phenolic OH excluding ortho intramolecular Hbond substituents is 1. The summed E-state index contributed by atoms with van der Waals surface area (Å²) in [4.78, 5) is 4.15. The molecule has 0 aliphatic rings. The van der Waals surface area contributed by atoms with Crippen molar-refractivity contribution in [2.75, 3.05) is 5.33 Å². The molecule has 0 amide bonds. The molecular weight excluding hydrogens is 302 g/mol. The van der Waals surface area contributed by atoms with E-state index in [1.54, 1.807) is 18.3 Å². The Morgan fingerprint density at radius 3 is 3.06 bits per heavy atom. The number of nitrogens with zero attached hydrogens (tertiary/aromatic N) is 1. The van der Waals surface area contributed by atoms with Gasteiger partial charge < -0.3 is 5.11 Å². The van der Waals surface area contributed by atoms with E-state index in [0.717, 1.165) is 17.1 Å². The Hall–Kier alpha value is -1.06. The number of phenols is 1. The third kappa shape index (κ3) is 2.61. The standard InChI is InChI=1S/C13H11BrClNO/c14-6-2-1-4-9-8-11(15)10-5-3-7-16-12(10)13(9)17/h1,3-5,7-8,17H,2,6H2. The van der Waals surface area contributed by atoms with E-state index in [1.165, 1.54) is 0 Å². The van der Waals surface area contributed by atoms with E-state index in [9.17, 15) is 5.11 Å². The highest BCUT2D eigenvalue weighted by Crippen LogP contribution is 2.33. The number of fused-ring (bicyclic) bond motifs is 1. The van der Waals surface area contributed by atoms with Crippen LogP contribution in [-0.2, 0) is 0 Å². The topological polar surface area (TPSA) is 33.1 Å². The molecule has 0 radical (unpaired) electrons. The Bertz CT molecular complexity index is 569. The van der Waals surface area contributed by atoms with Crippen LogP contribution in [0, 0.1) is 0 Å². The first kappa shape index (κ1) is 12.4. The molecule has 0 saturated heterocycles. The number of aromatic hydroxyl groups is 1. The fourth-order valence-corrected chi connectivity index (χ4v) is 2.14. The smallest absolute Gasteiger partial charge is 0.149 e. The van der Waals surface area contributed by atoms with E-state index in [4.69, 9.17) is 11.6 Å². The van der Waals surface area contributed by atoms with Gasteiger partial charge in [-0.1, -0.05) is 39.7 Å². The van der Waals surface area contributed by atoms with Gasteiger partial charge in [0.05, 0.1) is 5.02 Å². The van der Waals surface area contributed by atoms with Gasteiger partial charge in [0.25, 0.3) is 0 Å². The summed E-state index contributed by atoms with van der Waals surface area (Å²) in [6, 6.07) is 5.40. The minimum Gasteiger partial charge on any atom is -0.505 e. The Morgan fingerprint density at radius 2 is 2.29 bits per heavy atom. The zero-order valence-electron chi connectivity index (χ0n) is 9.03. The number of hydrogen-bond donors (Lipinski definition) is 1. The van der Waals surface area contributed by atoms with E-state index in [-0.39, 0.29) is 5.75 Å². The second-order valence-electron chi connectivity index (χ2n) is 3.58. The highest BCUT2D eigenvalue weighted by molar-refractivity contribution is 9.09.